The van der Waals surface area contributed by atoms with E-state index in [1.54, 1.807) is 0 Å². The Kier molecular flexibility index (Phi) is 4.78. The van der Waals surface area contributed by atoms with Crippen molar-refractivity contribution in [2.75, 3.05) is 19.7 Å². The molecule has 0 aliphatic carbocycles. The Labute approximate surface area is 135 Å². The van der Waals surface area contributed by atoms with E-state index in [0.717, 1.165) is 6.54 Å². The minimum absolute atomic E-state index is 0.00637. The average molecular weight is 327 g/mol. The number of hydrogen-bond acceptors (Lipinski definition) is 5. The highest BCUT2D eigenvalue weighted by Crippen LogP contribution is 2.39. The molecule has 0 amide bonds. The fourth-order valence-corrected chi connectivity index (χ4v) is 3.91. The molecule has 2 fully saturated rings. The summed E-state index contributed by atoms with van der Waals surface area (Å²) >= 11 is 0. The van der Waals surface area contributed by atoms with Crippen molar-refractivity contribution in [3.63, 3.8) is 0 Å². The molecule has 5 nitrogen and oxygen atoms in total. The average Bonchev–Trinajstić information content (AvgIpc) is 2.77. The zero-order valence-corrected chi connectivity index (χ0v) is 16.0. The van der Waals surface area contributed by atoms with E-state index in [9.17, 15) is 0 Å². The van der Waals surface area contributed by atoms with Gasteiger partial charge in [0.1, 0.15) is 12.2 Å². The quantitative estimate of drug-likeness (QED) is 0.587. The van der Waals surface area contributed by atoms with E-state index >= 15 is 0 Å². The van der Waals surface area contributed by atoms with Gasteiger partial charge >= 0.3 is 0 Å². The highest BCUT2D eigenvalue weighted by molar-refractivity contribution is 6.74. The largest absolute Gasteiger partial charge is 0.415 e. The first-order valence-electron chi connectivity index (χ1n) is 8.07. The normalized spacial score (nSPS) is 32.0. The number of nitriles is 1. The third kappa shape index (κ3) is 3.55. The maximum atomic E-state index is 9.06. The Bertz CT molecular complexity index is 453. The summed E-state index contributed by atoms with van der Waals surface area (Å²) in [5.41, 5.74) is 0. The van der Waals surface area contributed by atoms with Crippen molar-refractivity contribution in [2.24, 2.45) is 0 Å². The number of hydrogen-bond donors (Lipinski definition) is 0. The third-order valence-corrected chi connectivity index (χ3v) is 9.68. The van der Waals surface area contributed by atoms with E-state index in [1.807, 2.05) is 13.8 Å². The van der Waals surface area contributed by atoms with Crippen molar-refractivity contribution in [1.29, 1.82) is 5.26 Å². The second kappa shape index (κ2) is 5.88. The van der Waals surface area contributed by atoms with E-state index in [0.29, 0.717) is 13.2 Å². The summed E-state index contributed by atoms with van der Waals surface area (Å²) in [6, 6.07) is 2.35. The molecule has 126 valence electrons. The topological polar surface area (TPSA) is 54.7 Å². The molecular formula is C16H30N2O3Si. The summed E-state index contributed by atoms with van der Waals surface area (Å²) in [5.74, 6) is -0.538. The molecule has 6 heteroatoms. The van der Waals surface area contributed by atoms with Crippen molar-refractivity contribution < 1.29 is 13.9 Å². The Morgan fingerprint density at radius 3 is 2.50 bits per heavy atom. The number of nitrogens with zero attached hydrogens (tertiary/aromatic N) is 2. The number of rotatable bonds is 4. The van der Waals surface area contributed by atoms with Crippen LogP contribution in [0.4, 0.5) is 0 Å². The summed E-state index contributed by atoms with van der Waals surface area (Å²) in [6.45, 7) is 16.9. The highest BCUT2D eigenvalue weighted by Gasteiger charge is 2.53. The summed E-state index contributed by atoms with van der Waals surface area (Å²) in [4.78, 5) is 2.14. The number of likely N-dealkylation sites (tertiary alicyclic amines) is 1. The molecule has 0 spiro atoms. The van der Waals surface area contributed by atoms with Crippen LogP contribution in [0.15, 0.2) is 0 Å². The number of ether oxygens (including phenoxy) is 2. The fraction of sp³-hybridized carbons (Fsp3) is 0.938. The van der Waals surface area contributed by atoms with Gasteiger partial charge in [0.15, 0.2) is 14.1 Å². The minimum Gasteiger partial charge on any atom is -0.415 e. The summed E-state index contributed by atoms with van der Waals surface area (Å²) < 4.78 is 18.4. The van der Waals surface area contributed by atoms with Gasteiger partial charge < -0.3 is 13.9 Å². The third-order valence-electron chi connectivity index (χ3n) is 5.18. The standard InChI is InChI=1S/C16H30N2O3Si/c1-15(2,3)22(6,7)19-11-12-14-13(10-18(12)9-8-17)20-16(4,5)21-14/h12-14H,9-11H2,1-7H3/t12-,13+,14-/m1/s1. The van der Waals surface area contributed by atoms with Gasteiger partial charge in [-0.2, -0.15) is 5.26 Å². The second-order valence-electron chi connectivity index (χ2n) is 8.36. The molecule has 22 heavy (non-hydrogen) atoms. The van der Waals surface area contributed by atoms with Crippen LogP contribution >= 0.6 is 0 Å². The van der Waals surface area contributed by atoms with Crippen LogP contribution in [0.3, 0.4) is 0 Å². The lowest BCUT2D eigenvalue weighted by molar-refractivity contribution is -0.162. The van der Waals surface area contributed by atoms with Gasteiger partial charge in [0, 0.05) is 6.54 Å². The highest BCUT2D eigenvalue weighted by atomic mass is 28.4. The van der Waals surface area contributed by atoms with E-state index < -0.39 is 14.1 Å². The Hall–Kier alpha value is -0.453. The van der Waals surface area contributed by atoms with Gasteiger partial charge in [-0.3, -0.25) is 4.90 Å². The molecule has 0 unspecified atom stereocenters. The summed E-state index contributed by atoms with van der Waals surface area (Å²) in [5, 5.41) is 9.24. The molecule has 2 saturated heterocycles. The van der Waals surface area contributed by atoms with Gasteiger partial charge in [0.05, 0.1) is 25.3 Å². The maximum Gasteiger partial charge on any atom is 0.192 e. The van der Waals surface area contributed by atoms with Crippen LogP contribution in [-0.2, 0) is 13.9 Å². The van der Waals surface area contributed by atoms with Gasteiger partial charge in [-0.15, -0.1) is 0 Å². The molecule has 2 heterocycles. The van der Waals surface area contributed by atoms with Crippen molar-refractivity contribution in [1.82, 2.24) is 4.90 Å². The van der Waals surface area contributed by atoms with E-state index in [1.165, 1.54) is 0 Å². The van der Waals surface area contributed by atoms with Crippen molar-refractivity contribution in [2.45, 2.75) is 76.8 Å². The van der Waals surface area contributed by atoms with Crippen LogP contribution in [0.25, 0.3) is 0 Å². The van der Waals surface area contributed by atoms with Gasteiger partial charge in [0.25, 0.3) is 0 Å². The van der Waals surface area contributed by atoms with Crippen LogP contribution in [-0.4, -0.2) is 57.0 Å². The Balaban J connectivity index is 2.07. The SMILES string of the molecule is CC1(C)O[C@H]2[C@H](CN(CC#N)[C@@H]2CO[Si](C)(C)C(C)(C)C)O1. The second-order valence-corrected chi connectivity index (χ2v) is 13.2. The smallest absolute Gasteiger partial charge is 0.192 e. The maximum absolute atomic E-state index is 9.06. The molecule has 0 N–H and O–H groups in total. The molecule has 2 aliphatic heterocycles. The van der Waals surface area contributed by atoms with Gasteiger partial charge in [-0.05, 0) is 32.0 Å². The molecule has 0 bridgehead atoms. The molecule has 0 aromatic carbocycles. The molecule has 2 rings (SSSR count). The van der Waals surface area contributed by atoms with Crippen molar-refractivity contribution in [3.05, 3.63) is 0 Å². The lowest BCUT2D eigenvalue weighted by Gasteiger charge is -2.38. The number of fused-ring (bicyclic) bond motifs is 1. The fourth-order valence-electron chi connectivity index (χ4n) is 2.89. The van der Waals surface area contributed by atoms with Crippen LogP contribution in [0, 0.1) is 11.3 Å². The van der Waals surface area contributed by atoms with E-state index in [-0.39, 0.29) is 23.3 Å². The predicted octanol–water partition coefficient (Wildman–Crippen LogP) is 2.74. The zero-order chi connectivity index (χ0) is 16.8. The molecular weight excluding hydrogens is 296 g/mol. The Morgan fingerprint density at radius 1 is 1.32 bits per heavy atom. The lowest BCUT2D eigenvalue weighted by atomic mass is 10.1. The first kappa shape index (κ1) is 17.9. The van der Waals surface area contributed by atoms with Crippen molar-refractivity contribution >= 4 is 8.32 Å². The molecule has 0 aromatic rings. The van der Waals surface area contributed by atoms with Crippen LogP contribution < -0.4 is 0 Å². The molecule has 0 aromatic heterocycles. The van der Waals surface area contributed by atoms with Gasteiger partial charge in [-0.1, -0.05) is 20.8 Å². The van der Waals surface area contributed by atoms with E-state index in [4.69, 9.17) is 19.2 Å². The monoisotopic (exact) mass is 326 g/mol. The molecule has 0 radical (unpaired) electrons. The van der Waals surface area contributed by atoms with Crippen molar-refractivity contribution in [3.8, 4) is 6.07 Å². The van der Waals surface area contributed by atoms with Crippen LogP contribution in [0.5, 0.6) is 0 Å². The van der Waals surface area contributed by atoms with Crippen LogP contribution in [0.1, 0.15) is 34.6 Å². The zero-order valence-electron chi connectivity index (χ0n) is 15.0. The summed E-state index contributed by atoms with van der Waals surface area (Å²) in [7, 11) is -1.81. The minimum atomic E-state index is -1.81. The molecule has 0 saturated carbocycles. The van der Waals surface area contributed by atoms with E-state index in [2.05, 4.69) is 44.8 Å². The first-order chi connectivity index (χ1) is 9.97. The Morgan fingerprint density at radius 2 is 1.95 bits per heavy atom. The van der Waals surface area contributed by atoms with Crippen LogP contribution in [0.2, 0.25) is 18.1 Å². The molecule has 2 aliphatic rings. The summed E-state index contributed by atoms with van der Waals surface area (Å²) in [6.07, 6.45) is 0.0319. The van der Waals surface area contributed by atoms with Gasteiger partial charge in [0.2, 0.25) is 0 Å². The predicted molar refractivity (Wildman–Crippen MR) is 87.9 cm³/mol. The van der Waals surface area contributed by atoms with Gasteiger partial charge in [-0.25, -0.2) is 0 Å². The lowest BCUT2D eigenvalue weighted by Crippen LogP contribution is -2.48. The molecule has 3 atom stereocenters. The first-order valence-corrected chi connectivity index (χ1v) is 11.0.